The minimum Gasteiger partial charge on any atom is -0.493 e. The topological polar surface area (TPSA) is 47.6 Å². The summed E-state index contributed by atoms with van der Waals surface area (Å²) in [4.78, 5) is 11.5. The van der Waals surface area contributed by atoms with E-state index in [2.05, 4.69) is 5.32 Å². The van der Waals surface area contributed by atoms with Crippen molar-refractivity contribution in [2.75, 3.05) is 13.7 Å². The monoisotopic (exact) mass is 223 g/mol. The summed E-state index contributed by atoms with van der Waals surface area (Å²) in [5.41, 5.74) is 0. The lowest BCUT2D eigenvalue weighted by Gasteiger charge is -2.15. The van der Waals surface area contributed by atoms with Crippen LogP contribution >= 0.6 is 0 Å². The second-order valence-corrected chi connectivity index (χ2v) is 3.31. The van der Waals surface area contributed by atoms with Crippen LogP contribution in [0, 0.1) is 0 Å². The normalized spacial score (nSPS) is 11.7. The molecule has 1 amide bonds. The molecular weight excluding hydrogens is 206 g/mol. The summed E-state index contributed by atoms with van der Waals surface area (Å²) in [5.74, 6) is 1.07. The summed E-state index contributed by atoms with van der Waals surface area (Å²) in [5, 5.41) is 2.70. The van der Waals surface area contributed by atoms with Gasteiger partial charge in [0.15, 0.2) is 17.6 Å². The van der Waals surface area contributed by atoms with Crippen LogP contribution in [0.3, 0.4) is 0 Å². The van der Waals surface area contributed by atoms with Gasteiger partial charge in [-0.3, -0.25) is 4.79 Å². The maximum atomic E-state index is 11.5. The molecule has 1 aromatic carbocycles. The molecule has 1 N–H and O–H groups in total. The van der Waals surface area contributed by atoms with E-state index in [0.717, 1.165) is 0 Å². The summed E-state index contributed by atoms with van der Waals surface area (Å²) in [6.07, 6.45) is -0.531. The SMILES string of the molecule is CCNC(=O)C(C)Oc1ccccc1OC. The predicted octanol–water partition coefficient (Wildman–Crippen LogP) is 1.60. The summed E-state index contributed by atoms with van der Waals surface area (Å²) >= 11 is 0. The molecule has 0 heterocycles. The Bertz CT molecular complexity index is 352. The zero-order chi connectivity index (χ0) is 12.0. The van der Waals surface area contributed by atoms with Crippen molar-refractivity contribution in [1.82, 2.24) is 5.32 Å². The van der Waals surface area contributed by atoms with Gasteiger partial charge in [0.2, 0.25) is 0 Å². The number of carbonyl (C=O) groups is 1. The number of para-hydroxylation sites is 2. The van der Waals surface area contributed by atoms with E-state index in [1.807, 2.05) is 19.1 Å². The predicted molar refractivity (Wildman–Crippen MR) is 61.8 cm³/mol. The number of rotatable bonds is 5. The van der Waals surface area contributed by atoms with Crippen LogP contribution in [0.2, 0.25) is 0 Å². The standard InChI is InChI=1S/C12H17NO3/c1-4-13-12(14)9(2)16-11-8-6-5-7-10(11)15-3/h5-9H,4H2,1-3H3,(H,13,14). The fourth-order valence-corrected chi connectivity index (χ4v) is 1.28. The van der Waals surface area contributed by atoms with Gasteiger partial charge >= 0.3 is 0 Å². The van der Waals surface area contributed by atoms with E-state index in [1.54, 1.807) is 26.2 Å². The molecular formula is C12H17NO3. The van der Waals surface area contributed by atoms with Gasteiger partial charge in [0, 0.05) is 6.54 Å². The van der Waals surface area contributed by atoms with Crippen molar-refractivity contribution in [2.45, 2.75) is 20.0 Å². The smallest absolute Gasteiger partial charge is 0.260 e. The maximum Gasteiger partial charge on any atom is 0.260 e. The van der Waals surface area contributed by atoms with E-state index >= 15 is 0 Å². The van der Waals surface area contributed by atoms with Crippen molar-refractivity contribution >= 4 is 5.91 Å². The molecule has 0 saturated carbocycles. The van der Waals surface area contributed by atoms with E-state index < -0.39 is 6.10 Å². The highest BCUT2D eigenvalue weighted by atomic mass is 16.5. The molecule has 1 unspecified atom stereocenters. The van der Waals surface area contributed by atoms with Gasteiger partial charge in [-0.15, -0.1) is 0 Å². The number of ether oxygens (including phenoxy) is 2. The number of hydrogen-bond acceptors (Lipinski definition) is 3. The van der Waals surface area contributed by atoms with Gasteiger partial charge < -0.3 is 14.8 Å². The summed E-state index contributed by atoms with van der Waals surface area (Å²) in [6, 6.07) is 7.25. The number of nitrogens with one attached hydrogen (secondary N) is 1. The van der Waals surface area contributed by atoms with E-state index in [-0.39, 0.29) is 5.91 Å². The van der Waals surface area contributed by atoms with Gasteiger partial charge in [0.25, 0.3) is 5.91 Å². The van der Waals surface area contributed by atoms with Gasteiger partial charge in [-0.2, -0.15) is 0 Å². The summed E-state index contributed by atoms with van der Waals surface area (Å²) < 4.78 is 10.6. The lowest BCUT2D eigenvalue weighted by molar-refractivity contribution is -0.127. The minimum absolute atomic E-state index is 0.131. The molecule has 0 aliphatic heterocycles. The van der Waals surface area contributed by atoms with Gasteiger partial charge in [-0.1, -0.05) is 12.1 Å². The second kappa shape index (κ2) is 6.00. The van der Waals surface area contributed by atoms with Crippen molar-refractivity contribution < 1.29 is 14.3 Å². The second-order valence-electron chi connectivity index (χ2n) is 3.31. The van der Waals surface area contributed by atoms with E-state index in [0.29, 0.717) is 18.0 Å². The Morgan fingerprint density at radius 2 is 2.00 bits per heavy atom. The van der Waals surface area contributed by atoms with Crippen molar-refractivity contribution in [2.24, 2.45) is 0 Å². The molecule has 4 nitrogen and oxygen atoms in total. The van der Waals surface area contributed by atoms with Gasteiger partial charge in [0.1, 0.15) is 0 Å². The molecule has 0 spiro atoms. The maximum absolute atomic E-state index is 11.5. The molecule has 0 saturated heterocycles. The third-order valence-corrected chi connectivity index (χ3v) is 2.09. The Balaban J connectivity index is 2.68. The average molecular weight is 223 g/mol. The van der Waals surface area contributed by atoms with Crippen LogP contribution in [-0.2, 0) is 4.79 Å². The third kappa shape index (κ3) is 3.15. The van der Waals surface area contributed by atoms with Crippen LogP contribution in [0.1, 0.15) is 13.8 Å². The van der Waals surface area contributed by atoms with Gasteiger partial charge in [-0.25, -0.2) is 0 Å². The first kappa shape index (κ1) is 12.4. The van der Waals surface area contributed by atoms with Crippen LogP contribution in [0.4, 0.5) is 0 Å². The van der Waals surface area contributed by atoms with E-state index in [9.17, 15) is 4.79 Å². The molecule has 4 heteroatoms. The van der Waals surface area contributed by atoms with E-state index in [1.165, 1.54) is 0 Å². The first-order valence-electron chi connectivity index (χ1n) is 5.26. The molecule has 0 aliphatic carbocycles. The molecule has 0 radical (unpaired) electrons. The first-order valence-corrected chi connectivity index (χ1v) is 5.26. The lowest BCUT2D eigenvalue weighted by Crippen LogP contribution is -2.36. The molecule has 0 fully saturated rings. The Hall–Kier alpha value is -1.71. The van der Waals surface area contributed by atoms with Crippen molar-refractivity contribution in [1.29, 1.82) is 0 Å². The lowest BCUT2D eigenvalue weighted by atomic mass is 10.3. The minimum atomic E-state index is -0.531. The highest BCUT2D eigenvalue weighted by Crippen LogP contribution is 2.26. The Kier molecular flexibility index (Phi) is 4.64. The Morgan fingerprint density at radius 1 is 1.38 bits per heavy atom. The number of hydrogen-bond donors (Lipinski definition) is 1. The molecule has 16 heavy (non-hydrogen) atoms. The average Bonchev–Trinajstić information content (AvgIpc) is 2.30. The zero-order valence-electron chi connectivity index (χ0n) is 9.82. The van der Waals surface area contributed by atoms with Crippen molar-refractivity contribution in [3.63, 3.8) is 0 Å². The highest BCUT2D eigenvalue weighted by Gasteiger charge is 2.15. The molecule has 1 atom stereocenters. The summed E-state index contributed by atoms with van der Waals surface area (Å²) in [7, 11) is 1.57. The Labute approximate surface area is 95.6 Å². The Morgan fingerprint density at radius 3 is 2.56 bits per heavy atom. The van der Waals surface area contributed by atoms with Crippen molar-refractivity contribution in [3.8, 4) is 11.5 Å². The van der Waals surface area contributed by atoms with Crippen LogP contribution in [-0.4, -0.2) is 25.7 Å². The molecule has 1 aromatic rings. The molecule has 0 bridgehead atoms. The highest BCUT2D eigenvalue weighted by molar-refractivity contribution is 5.80. The summed E-state index contributed by atoms with van der Waals surface area (Å²) in [6.45, 7) is 4.17. The number of carbonyl (C=O) groups excluding carboxylic acids is 1. The van der Waals surface area contributed by atoms with Crippen LogP contribution in [0.5, 0.6) is 11.5 Å². The number of likely N-dealkylation sites (N-methyl/N-ethyl adjacent to an activating group) is 1. The van der Waals surface area contributed by atoms with Crippen LogP contribution in [0.25, 0.3) is 0 Å². The molecule has 0 aromatic heterocycles. The number of amides is 1. The number of methoxy groups -OCH3 is 1. The molecule has 1 rings (SSSR count). The van der Waals surface area contributed by atoms with Crippen molar-refractivity contribution in [3.05, 3.63) is 24.3 Å². The van der Waals surface area contributed by atoms with Crippen LogP contribution < -0.4 is 14.8 Å². The molecule has 0 aliphatic rings. The third-order valence-electron chi connectivity index (χ3n) is 2.09. The zero-order valence-corrected chi connectivity index (χ0v) is 9.82. The van der Waals surface area contributed by atoms with Gasteiger partial charge in [-0.05, 0) is 26.0 Å². The first-order chi connectivity index (χ1) is 7.69. The molecule has 88 valence electrons. The quantitative estimate of drug-likeness (QED) is 0.824. The van der Waals surface area contributed by atoms with Gasteiger partial charge in [0.05, 0.1) is 7.11 Å². The largest absolute Gasteiger partial charge is 0.493 e. The number of benzene rings is 1. The van der Waals surface area contributed by atoms with E-state index in [4.69, 9.17) is 9.47 Å². The fourth-order valence-electron chi connectivity index (χ4n) is 1.28. The fraction of sp³-hybridized carbons (Fsp3) is 0.417. The van der Waals surface area contributed by atoms with Crippen LogP contribution in [0.15, 0.2) is 24.3 Å².